The number of carbonyl (C=O) groups excluding carboxylic acids is 1. The number of hydrogen-bond donors (Lipinski definition) is 0. The van der Waals surface area contributed by atoms with Gasteiger partial charge in [0.05, 0.1) is 18.8 Å². The zero-order valence-corrected chi connectivity index (χ0v) is 8.91. The van der Waals surface area contributed by atoms with Crippen molar-refractivity contribution in [1.29, 1.82) is 0 Å². The van der Waals surface area contributed by atoms with Gasteiger partial charge in [0.1, 0.15) is 0 Å². The number of hydrogen-bond acceptors (Lipinski definition) is 3. The van der Waals surface area contributed by atoms with E-state index in [4.69, 9.17) is 9.47 Å². The molecule has 0 aliphatic carbocycles. The van der Waals surface area contributed by atoms with Crippen LogP contribution in [0.2, 0.25) is 0 Å². The van der Waals surface area contributed by atoms with Gasteiger partial charge in [-0.3, -0.25) is 0 Å². The normalized spacial score (nSPS) is 24.4. The van der Waals surface area contributed by atoms with Crippen molar-refractivity contribution in [1.82, 2.24) is 0 Å². The quantitative estimate of drug-likeness (QED) is 0.372. The minimum absolute atomic E-state index is 0.308. The van der Waals surface area contributed by atoms with Gasteiger partial charge in [0.15, 0.2) is 0 Å². The number of esters is 1. The largest absolute Gasteiger partial charge is 0.462 e. The zero-order chi connectivity index (χ0) is 10.6. The summed E-state index contributed by atoms with van der Waals surface area (Å²) < 4.78 is 10.3. The molecular weight excluding hydrogens is 180 g/mol. The van der Waals surface area contributed by atoms with Crippen LogP contribution in [0, 0.1) is 0 Å². The van der Waals surface area contributed by atoms with E-state index in [9.17, 15) is 4.79 Å². The Morgan fingerprint density at radius 2 is 2.07 bits per heavy atom. The van der Waals surface area contributed by atoms with Crippen LogP contribution in [0.5, 0.6) is 0 Å². The molecule has 0 N–H and O–H groups in total. The maximum absolute atomic E-state index is 11.0. The van der Waals surface area contributed by atoms with Gasteiger partial charge in [-0.25, -0.2) is 4.79 Å². The van der Waals surface area contributed by atoms with Crippen molar-refractivity contribution in [2.24, 2.45) is 0 Å². The highest BCUT2D eigenvalue weighted by Crippen LogP contribution is 2.29. The molecule has 1 heterocycles. The van der Waals surface area contributed by atoms with Crippen molar-refractivity contribution < 1.29 is 14.3 Å². The summed E-state index contributed by atoms with van der Waals surface area (Å²) >= 11 is 0. The predicted molar refractivity (Wildman–Crippen MR) is 54.0 cm³/mol. The first kappa shape index (κ1) is 11.2. The van der Waals surface area contributed by atoms with Crippen LogP contribution < -0.4 is 0 Å². The molecule has 0 saturated carbocycles. The monoisotopic (exact) mass is 198 g/mol. The molecule has 1 aliphatic heterocycles. The van der Waals surface area contributed by atoms with Crippen LogP contribution in [0.4, 0.5) is 0 Å². The van der Waals surface area contributed by atoms with Gasteiger partial charge in [-0.15, -0.1) is 0 Å². The fourth-order valence-corrected chi connectivity index (χ4v) is 1.36. The molecule has 0 radical (unpaired) electrons. The van der Waals surface area contributed by atoms with E-state index >= 15 is 0 Å². The van der Waals surface area contributed by atoms with E-state index in [0.717, 1.165) is 19.3 Å². The Hall–Kier alpha value is -0.830. The average molecular weight is 198 g/mol. The second-order valence-electron chi connectivity index (χ2n) is 3.71. The average Bonchev–Trinajstić information content (AvgIpc) is 2.84. The highest BCUT2D eigenvalue weighted by atomic mass is 16.6. The fraction of sp³-hybridized carbons (Fsp3) is 0.727. The maximum atomic E-state index is 11.0. The molecule has 3 heteroatoms. The Morgan fingerprint density at radius 3 is 2.64 bits per heavy atom. The smallest absolute Gasteiger partial charge is 0.333 e. The van der Waals surface area contributed by atoms with Crippen molar-refractivity contribution >= 4 is 5.97 Å². The van der Waals surface area contributed by atoms with E-state index < -0.39 is 0 Å². The highest BCUT2D eigenvalue weighted by Gasteiger charge is 2.37. The van der Waals surface area contributed by atoms with Crippen LogP contribution in [0.15, 0.2) is 12.2 Å². The van der Waals surface area contributed by atoms with E-state index in [1.54, 1.807) is 6.92 Å². The van der Waals surface area contributed by atoms with Gasteiger partial charge in [0, 0.05) is 12.0 Å². The van der Waals surface area contributed by atoms with Gasteiger partial charge in [-0.2, -0.15) is 0 Å². The molecule has 0 aromatic rings. The van der Waals surface area contributed by atoms with Gasteiger partial charge in [0.25, 0.3) is 0 Å². The minimum Gasteiger partial charge on any atom is -0.462 e. The van der Waals surface area contributed by atoms with Gasteiger partial charge >= 0.3 is 5.97 Å². The number of carbonyl (C=O) groups is 1. The van der Waals surface area contributed by atoms with Gasteiger partial charge in [-0.05, 0) is 13.3 Å². The Morgan fingerprint density at radius 1 is 1.43 bits per heavy atom. The summed E-state index contributed by atoms with van der Waals surface area (Å²) in [4.78, 5) is 11.0. The van der Waals surface area contributed by atoms with Crippen LogP contribution in [-0.2, 0) is 14.3 Å². The molecule has 1 aliphatic rings. The lowest BCUT2D eigenvalue weighted by Crippen LogP contribution is -2.08. The van der Waals surface area contributed by atoms with E-state index in [0.29, 0.717) is 24.4 Å². The molecule has 0 spiro atoms. The summed E-state index contributed by atoms with van der Waals surface area (Å²) in [6.07, 6.45) is 3.78. The summed E-state index contributed by atoms with van der Waals surface area (Å²) in [5.41, 5.74) is 0.451. The molecule has 0 aromatic heterocycles. The maximum Gasteiger partial charge on any atom is 0.333 e. The molecule has 1 rings (SSSR count). The second kappa shape index (κ2) is 5.15. The predicted octanol–water partition coefficient (Wildman–Crippen LogP) is 2.06. The van der Waals surface area contributed by atoms with Crippen molar-refractivity contribution in [3.63, 3.8) is 0 Å². The number of epoxide rings is 1. The lowest BCUT2D eigenvalue weighted by molar-refractivity contribution is -0.139. The van der Waals surface area contributed by atoms with E-state index in [1.165, 1.54) is 0 Å². The molecule has 1 fully saturated rings. The van der Waals surface area contributed by atoms with Crippen LogP contribution in [-0.4, -0.2) is 24.8 Å². The second-order valence-corrected chi connectivity index (χ2v) is 3.71. The molecular formula is C11H18O3. The molecule has 0 aromatic carbocycles. The SMILES string of the molecule is C=C(C)C(=O)OCCC1OC1CCC. The molecule has 2 unspecified atom stereocenters. The standard InChI is InChI=1S/C11H18O3/c1-4-5-9-10(14-9)6-7-13-11(12)8(2)3/h9-10H,2,4-7H2,1,3H3. The fourth-order valence-electron chi connectivity index (χ4n) is 1.36. The summed E-state index contributed by atoms with van der Waals surface area (Å²) in [7, 11) is 0. The Kier molecular flexibility index (Phi) is 4.14. The minimum atomic E-state index is -0.308. The van der Waals surface area contributed by atoms with Crippen molar-refractivity contribution in [2.75, 3.05) is 6.61 Å². The molecule has 0 amide bonds. The van der Waals surface area contributed by atoms with Crippen LogP contribution in [0.25, 0.3) is 0 Å². The third-order valence-corrected chi connectivity index (χ3v) is 2.24. The lowest BCUT2D eigenvalue weighted by Gasteiger charge is -2.01. The van der Waals surface area contributed by atoms with Crippen LogP contribution in [0.3, 0.4) is 0 Å². The van der Waals surface area contributed by atoms with Crippen molar-refractivity contribution in [2.45, 2.75) is 45.3 Å². The van der Waals surface area contributed by atoms with E-state index in [-0.39, 0.29) is 5.97 Å². The summed E-state index contributed by atoms with van der Waals surface area (Å²) in [6, 6.07) is 0. The molecule has 0 bridgehead atoms. The van der Waals surface area contributed by atoms with Crippen LogP contribution in [0.1, 0.15) is 33.1 Å². The summed E-state index contributed by atoms with van der Waals surface area (Å²) in [5.74, 6) is -0.308. The summed E-state index contributed by atoms with van der Waals surface area (Å²) in [5, 5.41) is 0. The molecule has 3 nitrogen and oxygen atoms in total. The first-order valence-electron chi connectivity index (χ1n) is 5.13. The lowest BCUT2D eigenvalue weighted by atomic mass is 10.2. The molecule has 80 valence electrons. The molecule has 1 saturated heterocycles. The van der Waals surface area contributed by atoms with E-state index in [1.807, 2.05) is 0 Å². The Labute approximate surface area is 85.1 Å². The Bertz CT molecular complexity index is 223. The van der Waals surface area contributed by atoms with Crippen LogP contribution >= 0.6 is 0 Å². The van der Waals surface area contributed by atoms with Gasteiger partial charge in [-0.1, -0.05) is 19.9 Å². The summed E-state index contributed by atoms with van der Waals surface area (Å²) in [6.45, 7) is 7.74. The highest BCUT2D eigenvalue weighted by molar-refractivity contribution is 5.86. The van der Waals surface area contributed by atoms with Crippen molar-refractivity contribution in [3.8, 4) is 0 Å². The topological polar surface area (TPSA) is 38.8 Å². The van der Waals surface area contributed by atoms with Crippen molar-refractivity contribution in [3.05, 3.63) is 12.2 Å². The first-order valence-corrected chi connectivity index (χ1v) is 5.13. The first-order chi connectivity index (χ1) is 6.65. The number of rotatable bonds is 6. The Balaban J connectivity index is 2.01. The third kappa shape index (κ3) is 3.50. The van der Waals surface area contributed by atoms with Gasteiger partial charge in [0.2, 0.25) is 0 Å². The van der Waals surface area contributed by atoms with Gasteiger partial charge < -0.3 is 9.47 Å². The molecule has 2 atom stereocenters. The number of ether oxygens (including phenoxy) is 2. The molecule has 14 heavy (non-hydrogen) atoms. The third-order valence-electron chi connectivity index (χ3n) is 2.24. The van der Waals surface area contributed by atoms with E-state index in [2.05, 4.69) is 13.5 Å². The zero-order valence-electron chi connectivity index (χ0n) is 8.91.